The molecular weight excluding hydrogens is 277 g/mol. The number of urea groups is 1. The third kappa shape index (κ3) is 6.63. The molecule has 1 fully saturated rings. The largest absolute Gasteiger partial charge is 0.480 e. The van der Waals surface area contributed by atoms with Gasteiger partial charge >= 0.3 is 18.2 Å². The molecule has 5 nitrogen and oxygen atoms in total. The van der Waals surface area contributed by atoms with Crippen molar-refractivity contribution >= 4 is 12.0 Å². The van der Waals surface area contributed by atoms with Gasteiger partial charge < -0.3 is 15.3 Å². The molecular formula is C12H19F3N2O3. The maximum absolute atomic E-state index is 12.3. The third-order valence-corrected chi connectivity index (χ3v) is 3.29. The SMILES string of the molecule is O=C(O)CN(CC(F)(F)F)C(=O)NCCC1CCCC1. The topological polar surface area (TPSA) is 69.6 Å². The number of carboxylic acids is 1. The van der Waals surface area contributed by atoms with Crippen LogP contribution in [0.2, 0.25) is 0 Å². The summed E-state index contributed by atoms with van der Waals surface area (Å²) in [4.78, 5) is 22.3. The van der Waals surface area contributed by atoms with Gasteiger partial charge in [0, 0.05) is 6.54 Å². The van der Waals surface area contributed by atoms with E-state index in [1.165, 1.54) is 0 Å². The van der Waals surface area contributed by atoms with Crippen LogP contribution in [0.15, 0.2) is 0 Å². The van der Waals surface area contributed by atoms with Crippen LogP contribution in [-0.4, -0.2) is 47.8 Å². The average Bonchev–Trinajstić information content (AvgIpc) is 2.78. The fraction of sp³-hybridized carbons (Fsp3) is 0.833. The van der Waals surface area contributed by atoms with Gasteiger partial charge in [-0.1, -0.05) is 25.7 Å². The van der Waals surface area contributed by atoms with Crippen LogP contribution < -0.4 is 5.32 Å². The molecule has 20 heavy (non-hydrogen) atoms. The van der Waals surface area contributed by atoms with Crippen molar-refractivity contribution in [2.45, 2.75) is 38.3 Å². The van der Waals surface area contributed by atoms with Gasteiger partial charge in [0.05, 0.1) is 0 Å². The van der Waals surface area contributed by atoms with E-state index in [-0.39, 0.29) is 11.4 Å². The van der Waals surface area contributed by atoms with Crippen LogP contribution in [0.25, 0.3) is 0 Å². The number of carbonyl (C=O) groups excluding carboxylic acids is 1. The summed E-state index contributed by atoms with van der Waals surface area (Å²) >= 11 is 0. The van der Waals surface area contributed by atoms with Gasteiger partial charge in [-0.25, -0.2) is 4.79 Å². The monoisotopic (exact) mass is 296 g/mol. The van der Waals surface area contributed by atoms with Gasteiger partial charge in [-0.05, 0) is 12.3 Å². The second-order valence-corrected chi connectivity index (χ2v) is 5.04. The average molecular weight is 296 g/mol. The molecule has 0 unspecified atom stereocenters. The summed E-state index contributed by atoms with van der Waals surface area (Å²) in [5.41, 5.74) is 0. The van der Waals surface area contributed by atoms with Gasteiger partial charge in [0.15, 0.2) is 0 Å². The first-order chi connectivity index (χ1) is 9.28. The van der Waals surface area contributed by atoms with Crippen molar-refractivity contribution in [3.63, 3.8) is 0 Å². The molecule has 0 saturated heterocycles. The van der Waals surface area contributed by atoms with Crippen molar-refractivity contribution < 1.29 is 27.9 Å². The highest BCUT2D eigenvalue weighted by atomic mass is 19.4. The van der Waals surface area contributed by atoms with Crippen LogP contribution in [0.1, 0.15) is 32.1 Å². The smallest absolute Gasteiger partial charge is 0.406 e. The molecule has 0 aliphatic heterocycles. The molecule has 0 heterocycles. The van der Waals surface area contributed by atoms with Crippen LogP contribution in [-0.2, 0) is 4.79 Å². The van der Waals surface area contributed by atoms with Crippen molar-refractivity contribution in [1.82, 2.24) is 10.2 Å². The molecule has 2 N–H and O–H groups in total. The number of amides is 2. The molecule has 116 valence electrons. The van der Waals surface area contributed by atoms with Crippen molar-refractivity contribution in [3.05, 3.63) is 0 Å². The Labute approximate surface area is 115 Å². The zero-order chi connectivity index (χ0) is 15.2. The Morgan fingerprint density at radius 1 is 1.25 bits per heavy atom. The number of alkyl halides is 3. The van der Waals surface area contributed by atoms with Crippen LogP contribution in [0.4, 0.5) is 18.0 Å². The Hall–Kier alpha value is -1.47. The van der Waals surface area contributed by atoms with E-state index in [1.54, 1.807) is 0 Å². The number of nitrogens with zero attached hydrogens (tertiary/aromatic N) is 1. The first kappa shape index (κ1) is 16.6. The summed E-state index contributed by atoms with van der Waals surface area (Å²) in [5, 5.41) is 10.9. The van der Waals surface area contributed by atoms with Gasteiger partial charge in [0.25, 0.3) is 0 Å². The van der Waals surface area contributed by atoms with Gasteiger partial charge in [-0.2, -0.15) is 13.2 Å². The highest BCUT2D eigenvalue weighted by Crippen LogP contribution is 2.26. The second kappa shape index (κ2) is 7.35. The van der Waals surface area contributed by atoms with Crippen LogP contribution in [0, 0.1) is 5.92 Å². The minimum Gasteiger partial charge on any atom is -0.480 e. The Kier molecular flexibility index (Phi) is 6.09. The first-order valence-corrected chi connectivity index (χ1v) is 6.59. The summed E-state index contributed by atoms with van der Waals surface area (Å²) in [5.74, 6) is -0.967. The third-order valence-electron chi connectivity index (χ3n) is 3.29. The molecule has 2 amide bonds. The molecule has 0 aromatic heterocycles. The van der Waals surface area contributed by atoms with E-state index in [1.807, 2.05) is 0 Å². The van der Waals surface area contributed by atoms with E-state index in [4.69, 9.17) is 5.11 Å². The van der Waals surface area contributed by atoms with Gasteiger partial charge in [-0.3, -0.25) is 4.79 Å². The second-order valence-electron chi connectivity index (χ2n) is 5.04. The number of hydrogen-bond acceptors (Lipinski definition) is 2. The fourth-order valence-corrected chi connectivity index (χ4v) is 2.37. The van der Waals surface area contributed by atoms with Gasteiger partial charge in [-0.15, -0.1) is 0 Å². The van der Waals surface area contributed by atoms with Crippen LogP contribution >= 0.6 is 0 Å². The summed E-state index contributed by atoms with van der Waals surface area (Å²) < 4.78 is 36.8. The Morgan fingerprint density at radius 2 is 1.85 bits per heavy atom. The van der Waals surface area contributed by atoms with Crippen molar-refractivity contribution in [2.24, 2.45) is 5.92 Å². The summed E-state index contributed by atoms with van der Waals surface area (Å²) in [6, 6.07) is -0.984. The molecule has 1 saturated carbocycles. The summed E-state index contributed by atoms with van der Waals surface area (Å²) in [6.07, 6.45) is 0.571. The number of halogens is 3. The fourth-order valence-electron chi connectivity index (χ4n) is 2.37. The highest BCUT2D eigenvalue weighted by molar-refractivity contribution is 5.80. The molecule has 0 bridgehead atoms. The van der Waals surface area contributed by atoms with E-state index >= 15 is 0 Å². The predicted molar refractivity (Wildman–Crippen MR) is 65.2 cm³/mol. The standard InChI is InChI=1S/C12H19F3N2O3/c13-12(14,15)8-17(7-10(18)19)11(20)16-6-5-9-3-1-2-4-9/h9H,1-8H2,(H,16,20)(H,18,19). The van der Waals surface area contributed by atoms with E-state index < -0.39 is 31.3 Å². The molecule has 0 atom stereocenters. The number of carboxylic acid groups (broad SMARTS) is 1. The molecule has 1 rings (SSSR count). The Bertz CT molecular complexity index is 341. The van der Waals surface area contributed by atoms with Gasteiger partial charge in [0.1, 0.15) is 13.1 Å². The summed E-state index contributed by atoms with van der Waals surface area (Å²) in [6.45, 7) is -2.25. The highest BCUT2D eigenvalue weighted by Gasteiger charge is 2.34. The zero-order valence-corrected chi connectivity index (χ0v) is 11.1. The first-order valence-electron chi connectivity index (χ1n) is 6.59. The lowest BCUT2D eigenvalue weighted by molar-refractivity contribution is -0.148. The van der Waals surface area contributed by atoms with E-state index in [9.17, 15) is 22.8 Å². The molecule has 0 aromatic rings. The zero-order valence-electron chi connectivity index (χ0n) is 11.1. The van der Waals surface area contributed by atoms with E-state index in [2.05, 4.69) is 5.32 Å². The maximum atomic E-state index is 12.3. The summed E-state index contributed by atoms with van der Waals surface area (Å²) in [7, 11) is 0. The quantitative estimate of drug-likeness (QED) is 0.789. The number of carbonyl (C=O) groups is 2. The predicted octanol–water partition coefficient (Wildman–Crippen LogP) is 2.23. The van der Waals surface area contributed by atoms with E-state index in [0.29, 0.717) is 5.92 Å². The van der Waals surface area contributed by atoms with Crippen molar-refractivity contribution in [2.75, 3.05) is 19.6 Å². The number of nitrogens with one attached hydrogen (secondary N) is 1. The number of aliphatic carboxylic acids is 1. The normalized spacial score (nSPS) is 16.1. The molecule has 0 radical (unpaired) electrons. The Balaban J connectivity index is 2.39. The van der Waals surface area contributed by atoms with Crippen LogP contribution in [0.3, 0.4) is 0 Å². The van der Waals surface area contributed by atoms with E-state index in [0.717, 1.165) is 32.1 Å². The molecule has 0 spiro atoms. The Morgan fingerprint density at radius 3 is 2.35 bits per heavy atom. The number of rotatable bonds is 6. The van der Waals surface area contributed by atoms with Crippen molar-refractivity contribution in [3.8, 4) is 0 Å². The lowest BCUT2D eigenvalue weighted by atomic mass is 10.0. The molecule has 0 aromatic carbocycles. The molecule has 1 aliphatic rings. The number of hydrogen-bond donors (Lipinski definition) is 2. The maximum Gasteiger partial charge on any atom is 0.406 e. The minimum atomic E-state index is -4.61. The lowest BCUT2D eigenvalue weighted by Crippen LogP contribution is -2.47. The lowest BCUT2D eigenvalue weighted by Gasteiger charge is -2.22. The van der Waals surface area contributed by atoms with Gasteiger partial charge in [0.2, 0.25) is 0 Å². The minimum absolute atomic E-state index is 0.261. The van der Waals surface area contributed by atoms with Crippen LogP contribution in [0.5, 0.6) is 0 Å². The molecule has 1 aliphatic carbocycles. The van der Waals surface area contributed by atoms with Crippen molar-refractivity contribution in [1.29, 1.82) is 0 Å². The molecule has 8 heteroatoms.